The van der Waals surface area contributed by atoms with Crippen LogP contribution in [0.5, 0.6) is 5.88 Å². The van der Waals surface area contributed by atoms with Crippen molar-refractivity contribution in [2.45, 2.75) is 6.43 Å². The standard InChI is InChI=1S/C7H6F2N2O3/c8-7(9)4-1-11-5(2-10-4)14-3-6(12)13/h1-2,7H,3H2,(H,12,13). The van der Waals surface area contributed by atoms with Crippen LogP contribution >= 0.6 is 0 Å². The van der Waals surface area contributed by atoms with Crippen molar-refractivity contribution in [2.24, 2.45) is 0 Å². The zero-order valence-electron chi connectivity index (χ0n) is 6.85. The molecule has 1 aromatic rings. The second kappa shape index (κ2) is 4.45. The van der Waals surface area contributed by atoms with Crippen molar-refractivity contribution in [3.05, 3.63) is 18.1 Å². The smallest absolute Gasteiger partial charge is 0.341 e. The third kappa shape index (κ3) is 2.92. The molecular formula is C7H6F2N2O3. The first-order valence-corrected chi connectivity index (χ1v) is 3.54. The first kappa shape index (κ1) is 10.3. The van der Waals surface area contributed by atoms with Crippen molar-refractivity contribution >= 4 is 5.97 Å². The number of carboxylic acid groups (broad SMARTS) is 1. The summed E-state index contributed by atoms with van der Waals surface area (Å²) in [6.45, 7) is -0.581. The molecule has 1 heterocycles. The van der Waals surface area contributed by atoms with E-state index in [2.05, 4.69) is 14.7 Å². The lowest BCUT2D eigenvalue weighted by Gasteiger charge is -2.01. The summed E-state index contributed by atoms with van der Waals surface area (Å²) in [4.78, 5) is 16.8. The Bertz CT molecular complexity index is 315. The van der Waals surface area contributed by atoms with Crippen molar-refractivity contribution in [1.82, 2.24) is 9.97 Å². The summed E-state index contributed by atoms with van der Waals surface area (Å²) in [6, 6.07) is 0. The normalized spacial score (nSPS) is 10.2. The summed E-state index contributed by atoms with van der Waals surface area (Å²) < 4.78 is 28.5. The van der Waals surface area contributed by atoms with E-state index in [4.69, 9.17) is 5.11 Å². The van der Waals surface area contributed by atoms with E-state index in [0.29, 0.717) is 0 Å². The highest BCUT2D eigenvalue weighted by Crippen LogP contribution is 2.15. The SMILES string of the molecule is O=C(O)COc1cnc(C(F)F)cn1. The van der Waals surface area contributed by atoms with Gasteiger partial charge in [-0.25, -0.2) is 23.5 Å². The topological polar surface area (TPSA) is 72.3 Å². The Morgan fingerprint density at radius 2 is 2.21 bits per heavy atom. The maximum atomic E-state index is 12.0. The molecule has 0 aliphatic rings. The van der Waals surface area contributed by atoms with E-state index in [1.54, 1.807) is 0 Å². The summed E-state index contributed by atoms with van der Waals surface area (Å²) in [5.74, 6) is -1.28. The molecule has 1 aromatic heterocycles. The van der Waals surface area contributed by atoms with Crippen molar-refractivity contribution in [2.75, 3.05) is 6.61 Å². The van der Waals surface area contributed by atoms with Crippen LogP contribution in [0.3, 0.4) is 0 Å². The predicted molar refractivity (Wildman–Crippen MR) is 40.1 cm³/mol. The van der Waals surface area contributed by atoms with Gasteiger partial charge in [-0.15, -0.1) is 0 Å². The molecule has 1 rings (SSSR count). The minimum Gasteiger partial charge on any atom is -0.479 e. The zero-order valence-corrected chi connectivity index (χ0v) is 6.85. The van der Waals surface area contributed by atoms with E-state index in [1.807, 2.05) is 0 Å². The monoisotopic (exact) mass is 204 g/mol. The van der Waals surface area contributed by atoms with Gasteiger partial charge >= 0.3 is 5.97 Å². The summed E-state index contributed by atoms with van der Waals surface area (Å²) >= 11 is 0. The van der Waals surface area contributed by atoms with Gasteiger partial charge in [-0.1, -0.05) is 0 Å². The molecule has 7 heteroatoms. The van der Waals surface area contributed by atoms with Gasteiger partial charge in [-0.3, -0.25) is 0 Å². The highest BCUT2D eigenvalue weighted by Gasteiger charge is 2.09. The van der Waals surface area contributed by atoms with Crippen LogP contribution in [0.1, 0.15) is 12.1 Å². The van der Waals surface area contributed by atoms with Gasteiger partial charge in [0.05, 0.1) is 12.4 Å². The van der Waals surface area contributed by atoms with Gasteiger partial charge < -0.3 is 9.84 Å². The largest absolute Gasteiger partial charge is 0.479 e. The molecule has 0 bridgehead atoms. The van der Waals surface area contributed by atoms with Crippen LogP contribution in [-0.2, 0) is 4.79 Å². The Morgan fingerprint density at radius 3 is 2.64 bits per heavy atom. The number of hydrogen-bond acceptors (Lipinski definition) is 4. The number of ether oxygens (including phenoxy) is 1. The summed E-state index contributed by atoms with van der Waals surface area (Å²) in [6.07, 6.45) is -0.914. The molecule has 0 aliphatic carbocycles. The predicted octanol–water partition coefficient (Wildman–Crippen LogP) is 0.878. The number of aliphatic carboxylic acids is 1. The van der Waals surface area contributed by atoms with Crippen LogP contribution in [0.4, 0.5) is 8.78 Å². The van der Waals surface area contributed by atoms with E-state index >= 15 is 0 Å². The van der Waals surface area contributed by atoms with Crippen molar-refractivity contribution in [1.29, 1.82) is 0 Å². The molecule has 1 N–H and O–H groups in total. The molecule has 0 fully saturated rings. The maximum Gasteiger partial charge on any atom is 0.341 e. The maximum absolute atomic E-state index is 12.0. The molecule has 0 saturated heterocycles. The van der Waals surface area contributed by atoms with E-state index in [-0.39, 0.29) is 5.88 Å². The lowest BCUT2D eigenvalue weighted by atomic mass is 10.5. The summed E-state index contributed by atoms with van der Waals surface area (Å²) in [5.41, 5.74) is -0.479. The molecule has 0 saturated carbocycles. The molecule has 0 aromatic carbocycles. The highest BCUT2D eigenvalue weighted by molar-refractivity contribution is 5.68. The average Bonchev–Trinajstić information content (AvgIpc) is 2.15. The van der Waals surface area contributed by atoms with Crippen molar-refractivity contribution in [3.63, 3.8) is 0 Å². The van der Waals surface area contributed by atoms with E-state index in [9.17, 15) is 13.6 Å². The van der Waals surface area contributed by atoms with Crippen LogP contribution in [0.2, 0.25) is 0 Å². The molecule has 0 unspecified atom stereocenters. The first-order chi connectivity index (χ1) is 6.59. The number of hydrogen-bond donors (Lipinski definition) is 1. The quantitative estimate of drug-likeness (QED) is 0.787. The molecule has 0 atom stereocenters. The fourth-order valence-corrected chi connectivity index (χ4v) is 0.649. The Kier molecular flexibility index (Phi) is 3.27. The lowest BCUT2D eigenvalue weighted by molar-refractivity contribution is -0.139. The average molecular weight is 204 g/mol. The second-order valence-electron chi connectivity index (χ2n) is 2.26. The fourth-order valence-electron chi connectivity index (χ4n) is 0.649. The molecule has 0 amide bonds. The molecule has 0 spiro atoms. The molecule has 0 aliphatic heterocycles. The number of halogens is 2. The molecule has 76 valence electrons. The Labute approximate surface area is 77.4 Å². The van der Waals surface area contributed by atoms with Gasteiger partial charge in [-0.2, -0.15) is 0 Å². The number of rotatable bonds is 4. The van der Waals surface area contributed by atoms with Gasteiger partial charge in [-0.05, 0) is 0 Å². The van der Waals surface area contributed by atoms with E-state index in [1.165, 1.54) is 0 Å². The van der Waals surface area contributed by atoms with Gasteiger partial charge in [0.1, 0.15) is 5.69 Å². The van der Waals surface area contributed by atoms with Crippen LogP contribution < -0.4 is 4.74 Å². The molecule has 0 radical (unpaired) electrons. The summed E-state index contributed by atoms with van der Waals surface area (Å²) in [5, 5.41) is 8.22. The Hall–Kier alpha value is -1.79. The molecule has 14 heavy (non-hydrogen) atoms. The third-order valence-corrected chi connectivity index (χ3v) is 1.22. The Morgan fingerprint density at radius 1 is 1.50 bits per heavy atom. The van der Waals surface area contributed by atoms with Crippen LogP contribution in [0.15, 0.2) is 12.4 Å². The number of carboxylic acids is 1. The molecule has 5 nitrogen and oxygen atoms in total. The minimum absolute atomic E-state index is 0.100. The fraction of sp³-hybridized carbons (Fsp3) is 0.286. The van der Waals surface area contributed by atoms with E-state index in [0.717, 1.165) is 12.4 Å². The summed E-state index contributed by atoms with van der Waals surface area (Å²) in [7, 11) is 0. The van der Waals surface area contributed by atoms with Gasteiger partial charge in [0.25, 0.3) is 6.43 Å². The number of nitrogens with zero attached hydrogens (tertiary/aromatic N) is 2. The minimum atomic E-state index is -2.70. The zero-order chi connectivity index (χ0) is 10.6. The molecular weight excluding hydrogens is 198 g/mol. The van der Waals surface area contributed by atoms with Gasteiger partial charge in [0.2, 0.25) is 5.88 Å². The second-order valence-corrected chi connectivity index (χ2v) is 2.26. The van der Waals surface area contributed by atoms with Crippen LogP contribution in [-0.4, -0.2) is 27.7 Å². The third-order valence-electron chi connectivity index (χ3n) is 1.22. The van der Waals surface area contributed by atoms with E-state index < -0.39 is 24.7 Å². The van der Waals surface area contributed by atoms with Gasteiger partial charge in [0.15, 0.2) is 6.61 Å². The number of aromatic nitrogens is 2. The van der Waals surface area contributed by atoms with Crippen molar-refractivity contribution < 1.29 is 23.4 Å². The van der Waals surface area contributed by atoms with Crippen molar-refractivity contribution in [3.8, 4) is 5.88 Å². The van der Waals surface area contributed by atoms with Crippen LogP contribution in [0, 0.1) is 0 Å². The number of carbonyl (C=O) groups is 1. The lowest BCUT2D eigenvalue weighted by Crippen LogP contribution is -2.10. The Balaban J connectivity index is 2.59. The van der Waals surface area contributed by atoms with Crippen LogP contribution in [0.25, 0.3) is 0 Å². The van der Waals surface area contributed by atoms with Gasteiger partial charge in [0, 0.05) is 0 Å². The highest BCUT2D eigenvalue weighted by atomic mass is 19.3. The first-order valence-electron chi connectivity index (χ1n) is 3.54. The number of alkyl halides is 2.